The largest absolute Gasteiger partial charge is 0.484 e. The first-order valence-corrected chi connectivity index (χ1v) is 16.4. The second kappa shape index (κ2) is 15.2. The SMILES string of the molecule is Cc1ccc(CNC(=O)C(c2ccccc2)N(Cc2ccccc2)C(=O)COc2ccc(S(=O)(=O)Nc3ccc(F)cc3)cc2)cc1. The van der Waals surface area contributed by atoms with Gasteiger partial charge in [-0.2, -0.15) is 0 Å². The smallest absolute Gasteiger partial charge is 0.261 e. The Morgan fingerprint density at radius 2 is 1.38 bits per heavy atom. The Kier molecular flexibility index (Phi) is 10.6. The first-order valence-electron chi connectivity index (χ1n) is 14.9. The Morgan fingerprint density at radius 1 is 0.766 bits per heavy atom. The monoisotopic (exact) mass is 651 g/mol. The van der Waals surface area contributed by atoms with Gasteiger partial charge in [-0.1, -0.05) is 90.5 Å². The van der Waals surface area contributed by atoms with Gasteiger partial charge < -0.3 is 15.0 Å². The highest BCUT2D eigenvalue weighted by atomic mass is 32.2. The van der Waals surface area contributed by atoms with Crippen LogP contribution in [0.3, 0.4) is 0 Å². The van der Waals surface area contributed by atoms with E-state index in [1.807, 2.05) is 79.7 Å². The number of anilines is 1. The van der Waals surface area contributed by atoms with Gasteiger partial charge in [-0.3, -0.25) is 14.3 Å². The molecule has 47 heavy (non-hydrogen) atoms. The van der Waals surface area contributed by atoms with Crippen LogP contribution in [-0.2, 0) is 32.7 Å². The molecule has 2 amide bonds. The fourth-order valence-electron chi connectivity index (χ4n) is 4.88. The third-order valence-electron chi connectivity index (χ3n) is 7.37. The number of amides is 2. The molecule has 2 N–H and O–H groups in total. The van der Waals surface area contributed by atoms with Crippen molar-refractivity contribution in [2.45, 2.75) is 31.0 Å². The topological polar surface area (TPSA) is 105 Å². The van der Waals surface area contributed by atoms with Crippen LogP contribution in [0.1, 0.15) is 28.3 Å². The molecule has 0 aliphatic rings. The van der Waals surface area contributed by atoms with E-state index >= 15 is 0 Å². The Bertz CT molecular complexity index is 1890. The van der Waals surface area contributed by atoms with Gasteiger partial charge in [0.25, 0.3) is 15.9 Å². The van der Waals surface area contributed by atoms with Crippen molar-refractivity contribution in [3.8, 4) is 5.75 Å². The quantitative estimate of drug-likeness (QED) is 0.153. The van der Waals surface area contributed by atoms with Crippen molar-refractivity contribution in [1.29, 1.82) is 0 Å². The molecule has 0 spiro atoms. The van der Waals surface area contributed by atoms with E-state index < -0.39 is 34.4 Å². The van der Waals surface area contributed by atoms with E-state index in [1.54, 1.807) is 12.1 Å². The van der Waals surface area contributed by atoms with Crippen molar-refractivity contribution in [1.82, 2.24) is 10.2 Å². The van der Waals surface area contributed by atoms with Crippen LogP contribution < -0.4 is 14.8 Å². The molecule has 5 rings (SSSR count). The fourth-order valence-corrected chi connectivity index (χ4v) is 5.94. The van der Waals surface area contributed by atoms with E-state index in [9.17, 15) is 22.4 Å². The van der Waals surface area contributed by atoms with Crippen molar-refractivity contribution in [2.24, 2.45) is 0 Å². The van der Waals surface area contributed by atoms with Gasteiger partial charge in [-0.15, -0.1) is 0 Å². The lowest BCUT2D eigenvalue weighted by Gasteiger charge is -2.31. The highest BCUT2D eigenvalue weighted by molar-refractivity contribution is 7.92. The van der Waals surface area contributed by atoms with Crippen LogP contribution in [0.4, 0.5) is 10.1 Å². The molecular formula is C37H34FN3O5S. The molecule has 0 fully saturated rings. The second-order valence-corrected chi connectivity index (χ2v) is 12.6. The van der Waals surface area contributed by atoms with Gasteiger partial charge in [0.1, 0.15) is 17.6 Å². The van der Waals surface area contributed by atoms with Gasteiger partial charge >= 0.3 is 0 Å². The van der Waals surface area contributed by atoms with E-state index in [2.05, 4.69) is 10.0 Å². The molecule has 0 bridgehead atoms. The molecule has 0 saturated heterocycles. The van der Waals surface area contributed by atoms with Crippen molar-refractivity contribution < 1.29 is 27.1 Å². The highest BCUT2D eigenvalue weighted by Gasteiger charge is 2.32. The van der Waals surface area contributed by atoms with E-state index in [0.29, 0.717) is 5.56 Å². The zero-order valence-corrected chi connectivity index (χ0v) is 26.5. The maximum absolute atomic E-state index is 13.9. The van der Waals surface area contributed by atoms with E-state index in [0.717, 1.165) is 28.8 Å². The Morgan fingerprint density at radius 3 is 2.02 bits per heavy atom. The van der Waals surface area contributed by atoms with E-state index in [1.165, 1.54) is 41.3 Å². The molecule has 240 valence electrons. The van der Waals surface area contributed by atoms with Gasteiger partial charge in [-0.05, 0) is 72.1 Å². The number of ether oxygens (including phenoxy) is 1. The number of halogens is 1. The normalized spacial score (nSPS) is 11.7. The Balaban J connectivity index is 1.34. The number of hydrogen-bond donors (Lipinski definition) is 2. The van der Waals surface area contributed by atoms with Gasteiger partial charge in [-0.25, -0.2) is 12.8 Å². The molecular weight excluding hydrogens is 617 g/mol. The van der Waals surface area contributed by atoms with Gasteiger partial charge in [0.15, 0.2) is 6.61 Å². The standard InChI is InChI=1S/C37H34FN3O5S/c1-27-12-14-28(15-13-27)24-39-37(43)36(30-10-6-3-7-11-30)41(25-29-8-4-2-5-9-29)35(42)26-46-33-20-22-34(23-21-33)47(44,45)40-32-18-16-31(38)17-19-32/h2-23,36,40H,24-26H2,1H3,(H,39,43). The average molecular weight is 652 g/mol. The predicted molar refractivity (Wildman–Crippen MR) is 178 cm³/mol. The minimum atomic E-state index is -3.95. The van der Waals surface area contributed by atoms with E-state index in [4.69, 9.17) is 4.74 Å². The van der Waals surface area contributed by atoms with E-state index in [-0.39, 0.29) is 35.3 Å². The summed E-state index contributed by atoms with van der Waals surface area (Å²) in [5.41, 5.74) is 3.72. The first kappa shape index (κ1) is 32.9. The molecule has 10 heteroatoms. The molecule has 0 aromatic heterocycles. The second-order valence-electron chi connectivity index (χ2n) is 10.9. The minimum absolute atomic E-state index is 0.0411. The lowest BCUT2D eigenvalue weighted by Crippen LogP contribution is -2.45. The molecule has 0 heterocycles. The van der Waals surface area contributed by atoms with Gasteiger partial charge in [0.2, 0.25) is 5.91 Å². The number of sulfonamides is 1. The molecule has 0 saturated carbocycles. The highest BCUT2D eigenvalue weighted by Crippen LogP contribution is 2.25. The Hall–Kier alpha value is -5.48. The number of rotatable bonds is 13. The summed E-state index contributed by atoms with van der Waals surface area (Å²) in [6, 6.07) is 35.9. The summed E-state index contributed by atoms with van der Waals surface area (Å²) in [4.78, 5) is 29.2. The molecule has 1 unspecified atom stereocenters. The number of carbonyl (C=O) groups excluding carboxylic acids is 2. The lowest BCUT2D eigenvalue weighted by atomic mass is 10.0. The zero-order chi connectivity index (χ0) is 33.2. The number of nitrogens with one attached hydrogen (secondary N) is 2. The van der Waals surface area contributed by atoms with Crippen LogP contribution in [0.2, 0.25) is 0 Å². The number of benzene rings is 5. The van der Waals surface area contributed by atoms with Crippen LogP contribution in [0.15, 0.2) is 138 Å². The van der Waals surface area contributed by atoms with Crippen LogP contribution in [0, 0.1) is 12.7 Å². The minimum Gasteiger partial charge on any atom is -0.484 e. The number of aryl methyl sites for hydroxylation is 1. The van der Waals surface area contributed by atoms with Crippen molar-refractivity contribution in [3.63, 3.8) is 0 Å². The summed E-state index contributed by atoms with van der Waals surface area (Å²) in [6.07, 6.45) is 0. The first-order chi connectivity index (χ1) is 22.7. The summed E-state index contributed by atoms with van der Waals surface area (Å²) >= 11 is 0. The molecule has 0 aliphatic carbocycles. The average Bonchev–Trinajstić information content (AvgIpc) is 3.09. The molecule has 5 aromatic carbocycles. The maximum atomic E-state index is 13.9. The van der Waals surface area contributed by atoms with Crippen molar-refractivity contribution in [3.05, 3.63) is 162 Å². The summed E-state index contributed by atoms with van der Waals surface area (Å²) in [7, 11) is -3.95. The maximum Gasteiger partial charge on any atom is 0.261 e. The van der Waals surface area contributed by atoms with Crippen molar-refractivity contribution in [2.75, 3.05) is 11.3 Å². The third-order valence-corrected chi connectivity index (χ3v) is 8.77. The van der Waals surface area contributed by atoms with Crippen molar-refractivity contribution >= 4 is 27.5 Å². The summed E-state index contributed by atoms with van der Waals surface area (Å²) in [5, 5.41) is 3.00. The number of hydrogen-bond acceptors (Lipinski definition) is 5. The van der Waals surface area contributed by atoms with Crippen LogP contribution in [-0.4, -0.2) is 31.7 Å². The molecule has 5 aromatic rings. The molecule has 8 nitrogen and oxygen atoms in total. The molecule has 0 aliphatic heterocycles. The van der Waals surface area contributed by atoms with Crippen LogP contribution in [0.25, 0.3) is 0 Å². The number of nitrogens with zero attached hydrogens (tertiary/aromatic N) is 1. The van der Waals surface area contributed by atoms with Gasteiger partial charge in [0, 0.05) is 18.8 Å². The van der Waals surface area contributed by atoms with Gasteiger partial charge in [0.05, 0.1) is 4.90 Å². The Labute approximate surface area is 273 Å². The predicted octanol–water partition coefficient (Wildman–Crippen LogP) is 6.40. The summed E-state index contributed by atoms with van der Waals surface area (Å²) < 4.78 is 47.1. The zero-order valence-electron chi connectivity index (χ0n) is 25.7. The molecule has 1 atom stereocenters. The van der Waals surface area contributed by atoms with Crippen LogP contribution in [0.5, 0.6) is 5.75 Å². The molecule has 0 radical (unpaired) electrons. The fraction of sp³-hybridized carbons (Fsp3) is 0.135. The summed E-state index contributed by atoms with van der Waals surface area (Å²) in [6.45, 7) is 2.03. The summed E-state index contributed by atoms with van der Waals surface area (Å²) in [5.74, 6) is -1.00. The number of carbonyl (C=O) groups is 2. The lowest BCUT2D eigenvalue weighted by molar-refractivity contribution is -0.143. The van der Waals surface area contributed by atoms with Crippen LogP contribution >= 0.6 is 0 Å². The third kappa shape index (κ3) is 9.05.